The van der Waals surface area contributed by atoms with Crippen LogP contribution in [0.2, 0.25) is 0 Å². The molecule has 0 aliphatic carbocycles. The van der Waals surface area contributed by atoms with Gasteiger partial charge in [0.2, 0.25) is 5.91 Å². The van der Waals surface area contributed by atoms with Gasteiger partial charge >= 0.3 is 0 Å². The largest absolute Gasteiger partial charge is 0.384 e. The highest BCUT2D eigenvalue weighted by atomic mass is 16.1. The molecule has 0 spiro atoms. The van der Waals surface area contributed by atoms with Crippen LogP contribution in [0.25, 0.3) is 0 Å². The fourth-order valence-corrected chi connectivity index (χ4v) is 1.45. The van der Waals surface area contributed by atoms with Crippen LogP contribution in [-0.2, 0) is 4.79 Å². The van der Waals surface area contributed by atoms with Crippen molar-refractivity contribution >= 4 is 17.4 Å². The van der Waals surface area contributed by atoms with Crippen LogP contribution in [0, 0.1) is 0 Å². The second kappa shape index (κ2) is 7.53. The van der Waals surface area contributed by atoms with Crippen LogP contribution < -0.4 is 16.0 Å². The van der Waals surface area contributed by atoms with Crippen LogP contribution in [0.4, 0.5) is 11.5 Å². The first kappa shape index (κ1) is 14.3. The first-order valence-electron chi connectivity index (χ1n) is 6.32. The number of hydrogen-bond donors (Lipinski definition) is 3. The van der Waals surface area contributed by atoms with E-state index in [0.29, 0.717) is 13.0 Å². The zero-order valence-corrected chi connectivity index (χ0v) is 11.3. The molecule has 1 aromatic heterocycles. The molecule has 0 fully saturated rings. The molecule has 1 amide bonds. The summed E-state index contributed by atoms with van der Waals surface area (Å²) in [6.45, 7) is 4.68. The summed E-state index contributed by atoms with van der Waals surface area (Å²) in [6.07, 6.45) is 3.16. The van der Waals surface area contributed by atoms with Crippen molar-refractivity contribution in [2.75, 3.05) is 24.2 Å². The predicted molar refractivity (Wildman–Crippen MR) is 74.8 cm³/mol. The van der Waals surface area contributed by atoms with Crippen molar-refractivity contribution in [3.05, 3.63) is 18.3 Å². The lowest BCUT2D eigenvalue weighted by Crippen LogP contribution is -2.32. The smallest absolute Gasteiger partial charge is 0.221 e. The molecule has 0 aliphatic heterocycles. The second-order valence-corrected chi connectivity index (χ2v) is 4.23. The molecule has 5 heteroatoms. The Morgan fingerprint density at radius 1 is 1.50 bits per heavy atom. The standard InChI is InChI=1S/C13H22N4O/c1-4-10(2)17-13(18)6-8-15-11-5-7-16-12(9-11)14-3/h5,7,9-10H,4,6,8H2,1-3H3,(H,17,18)(H2,14,15,16). The van der Waals surface area contributed by atoms with Crippen molar-refractivity contribution in [3.8, 4) is 0 Å². The summed E-state index contributed by atoms with van der Waals surface area (Å²) in [5, 5.41) is 9.11. The molecule has 1 unspecified atom stereocenters. The Hall–Kier alpha value is -1.78. The number of carbonyl (C=O) groups is 1. The van der Waals surface area contributed by atoms with Gasteiger partial charge < -0.3 is 16.0 Å². The number of aromatic nitrogens is 1. The summed E-state index contributed by atoms with van der Waals surface area (Å²) >= 11 is 0. The molecule has 0 radical (unpaired) electrons. The number of carbonyl (C=O) groups excluding carboxylic acids is 1. The van der Waals surface area contributed by atoms with Crippen molar-refractivity contribution in [1.82, 2.24) is 10.3 Å². The molecule has 0 bridgehead atoms. The Kier molecular flexibility index (Phi) is 5.97. The highest BCUT2D eigenvalue weighted by Gasteiger charge is 2.04. The summed E-state index contributed by atoms with van der Waals surface area (Å²) in [5.41, 5.74) is 0.964. The van der Waals surface area contributed by atoms with Crippen LogP contribution in [0.1, 0.15) is 26.7 Å². The molecular weight excluding hydrogens is 228 g/mol. The van der Waals surface area contributed by atoms with E-state index in [1.165, 1.54) is 0 Å². The van der Waals surface area contributed by atoms with E-state index < -0.39 is 0 Å². The zero-order chi connectivity index (χ0) is 13.4. The summed E-state index contributed by atoms with van der Waals surface area (Å²) in [7, 11) is 1.83. The first-order chi connectivity index (χ1) is 8.65. The number of anilines is 2. The number of pyridine rings is 1. The third kappa shape index (κ3) is 5.03. The summed E-state index contributed by atoms with van der Waals surface area (Å²) in [5.74, 6) is 0.892. The van der Waals surface area contributed by atoms with E-state index in [1.807, 2.05) is 26.1 Å². The number of rotatable bonds is 7. The highest BCUT2D eigenvalue weighted by Crippen LogP contribution is 2.10. The van der Waals surface area contributed by atoms with Crippen molar-refractivity contribution in [2.45, 2.75) is 32.7 Å². The number of nitrogens with zero attached hydrogens (tertiary/aromatic N) is 1. The highest BCUT2D eigenvalue weighted by molar-refractivity contribution is 5.76. The van der Waals surface area contributed by atoms with Gasteiger partial charge in [-0.05, 0) is 19.4 Å². The van der Waals surface area contributed by atoms with Crippen LogP contribution >= 0.6 is 0 Å². The Bertz CT molecular complexity index is 381. The van der Waals surface area contributed by atoms with Gasteiger partial charge in [0.15, 0.2) is 0 Å². The van der Waals surface area contributed by atoms with E-state index in [9.17, 15) is 4.79 Å². The third-order valence-electron chi connectivity index (χ3n) is 2.72. The average Bonchev–Trinajstić information content (AvgIpc) is 2.38. The molecule has 0 aliphatic rings. The number of hydrogen-bond acceptors (Lipinski definition) is 4. The molecule has 18 heavy (non-hydrogen) atoms. The summed E-state index contributed by atoms with van der Waals surface area (Å²) in [4.78, 5) is 15.7. The van der Waals surface area contributed by atoms with Gasteiger partial charge in [-0.2, -0.15) is 0 Å². The zero-order valence-electron chi connectivity index (χ0n) is 11.3. The van der Waals surface area contributed by atoms with Gasteiger partial charge in [-0.1, -0.05) is 6.92 Å². The first-order valence-corrected chi connectivity index (χ1v) is 6.32. The Labute approximate surface area is 108 Å². The average molecular weight is 250 g/mol. The van der Waals surface area contributed by atoms with Crippen molar-refractivity contribution in [1.29, 1.82) is 0 Å². The van der Waals surface area contributed by atoms with Gasteiger partial charge in [0.25, 0.3) is 0 Å². The molecule has 3 N–H and O–H groups in total. The van der Waals surface area contributed by atoms with E-state index in [2.05, 4.69) is 27.9 Å². The fourth-order valence-electron chi connectivity index (χ4n) is 1.45. The van der Waals surface area contributed by atoms with Gasteiger partial charge in [0.1, 0.15) is 5.82 Å². The minimum absolute atomic E-state index is 0.0831. The monoisotopic (exact) mass is 250 g/mol. The van der Waals surface area contributed by atoms with Gasteiger partial charge in [-0.25, -0.2) is 4.98 Å². The van der Waals surface area contributed by atoms with Gasteiger partial charge in [-0.15, -0.1) is 0 Å². The van der Waals surface area contributed by atoms with Crippen molar-refractivity contribution < 1.29 is 4.79 Å². The molecule has 1 atom stereocenters. The summed E-state index contributed by atoms with van der Waals surface area (Å²) < 4.78 is 0. The number of amides is 1. The van der Waals surface area contributed by atoms with Crippen molar-refractivity contribution in [3.63, 3.8) is 0 Å². The van der Waals surface area contributed by atoms with Crippen LogP contribution in [0.15, 0.2) is 18.3 Å². The normalized spacial score (nSPS) is 11.7. The Morgan fingerprint density at radius 2 is 2.28 bits per heavy atom. The predicted octanol–water partition coefficient (Wildman–Crippen LogP) is 1.84. The quantitative estimate of drug-likeness (QED) is 0.691. The van der Waals surface area contributed by atoms with Gasteiger partial charge in [0, 0.05) is 44.0 Å². The lowest BCUT2D eigenvalue weighted by molar-refractivity contribution is -0.121. The van der Waals surface area contributed by atoms with E-state index in [0.717, 1.165) is 17.9 Å². The molecule has 5 nitrogen and oxygen atoms in total. The molecule has 100 valence electrons. The van der Waals surface area contributed by atoms with Crippen LogP contribution in [0.5, 0.6) is 0 Å². The molecule has 0 aromatic carbocycles. The molecule has 0 saturated heterocycles. The number of nitrogens with one attached hydrogen (secondary N) is 3. The third-order valence-corrected chi connectivity index (χ3v) is 2.72. The molecule has 1 aromatic rings. The molecular formula is C13H22N4O. The Balaban J connectivity index is 2.30. The van der Waals surface area contributed by atoms with E-state index >= 15 is 0 Å². The topological polar surface area (TPSA) is 66.0 Å². The maximum atomic E-state index is 11.5. The fraction of sp³-hybridized carbons (Fsp3) is 0.538. The van der Waals surface area contributed by atoms with Gasteiger partial charge in [-0.3, -0.25) is 4.79 Å². The minimum Gasteiger partial charge on any atom is -0.384 e. The maximum Gasteiger partial charge on any atom is 0.221 e. The van der Waals surface area contributed by atoms with E-state index in [-0.39, 0.29) is 11.9 Å². The lowest BCUT2D eigenvalue weighted by atomic mass is 10.2. The van der Waals surface area contributed by atoms with E-state index in [4.69, 9.17) is 0 Å². The molecule has 1 rings (SSSR count). The minimum atomic E-state index is 0.0831. The Morgan fingerprint density at radius 3 is 2.94 bits per heavy atom. The van der Waals surface area contributed by atoms with Crippen LogP contribution in [0.3, 0.4) is 0 Å². The second-order valence-electron chi connectivity index (χ2n) is 4.23. The molecule has 0 saturated carbocycles. The molecule has 1 heterocycles. The maximum absolute atomic E-state index is 11.5. The SMILES string of the molecule is CCC(C)NC(=O)CCNc1ccnc(NC)c1. The van der Waals surface area contributed by atoms with Crippen molar-refractivity contribution in [2.24, 2.45) is 0 Å². The lowest BCUT2D eigenvalue weighted by Gasteiger charge is -2.12. The summed E-state index contributed by atoms with van der Waals surface area (Å²) in [6, 6.07) is 4.04. The van der Waals surface area contributed by atoms with E-state index in [1.54, 1.807) is 6.20 Å². The van der Waals surface area contributed by atoms with Crippen LogP contribution in [-0.4, -0.2) is 30.5 Å². The van der Waals surface area contributed by atoms with Gasteiger partial charge in [0.05, 0.1) is 0 Å².